The quantitative estimate of drug-likeness (QED) is 0.742. The Kier molecular flexibility index (Phi) is 5.63. The van der Waals surface area contributed by atoms with E-state index >= 15 is 0 Å². The van der Waals surface area contributed by atoms with Gasteiger partial charge < -0.3 is 21.0 Å². The molecule has 1 aromatic carbocycles. The van der Waals surface area contributed by atoms with Crippen molar-refractivity contribution in [3.05, 3.63) is 35.6 Å². The summed E-state index contributed by atoms with van der Waals surface area (Å²) >= 11 is 0. The average Bonchev–Trinajstić information content (AvgIpc) is 2.66. The van der Waals surface area contributed by atoms with E-state index in [1.54, 1.807) is 18.2 Å². The Labute approximate surface area is 174 Å². The number of aromatic nitrogens is 2. The summed E-state index contributed by atoms with van der Waals surface area (Å²) < 4.78 is 14.5. The Hall–Kier alpha value is -3.25. The number of benzene rings is 1. The van der Waals surface area contributed by atoms with Gasteiger partial charge in [0.2, 0.25) is 11.8 Å². The molecule has 1 saturated heterocycles. The summed E-state index contributed by atoms with van der Waals surface area (Å²) in [6.45, 7) is 7.41. The van der Waals surface area contributed by atoms with Gasteiger partial charge in [0.05, 0.1) is 29.4 Å². The minimum absolute atomic E-state index is 0.0454. The minimum Gasteiger partial charge on any atom is -0.530 e. The SMILES string of the molecule is CC(C)(C)[N+]1(c2cc(-c3ccc(C#N)c(F)c3)nc(N)n2)CCC[C@@H](NC(=O)[O-])C1. The summed E-state index contributed by atoms with van der Waals surface area (Å²) in [4.78, 5) is 19.9. The van der Waals surface area contributed by atoms with Crippen LogP contribution in [0.15, 0.2) is 24.3 Å². The van der Waals surface area contributed by atoms with Crippen molar-refractivity contribution in [2.75, 3.05) is 18.8 Å². The van der Waals surface area contributed by atoms with Crippen molar-refractivity contribution in [3.63, 3.8) is 0 Å². The molecule has 0 spiro atoms. The number of nitrogen functional groups attached to an aromatic ring is 1. The maximum atomic E-state index is 14.2. The van der Waals surface area contributed by atoms with E-state index in [0.29, 0.717) is 34.5 Å². The Morgan fingerprint density at radius 3 is 2.70 bits per heavy atom. The highest BCUT2D eigenvalue weighted by Gasteiger charge is 2.47. The molecule has 2 aromatic rings. The fourth-order valence-corrected chi connectivity index (χ4v) is 4.20. The van der Waals surface area contributed by atoms with E-state index in [-0.39, 0.29) is 23.1 Å². The lowest BCUT2D eigenvalue weighted by Crippen LogP contribution is -2.69. The summed E-state index contributed by atoms with van der Waals surface area (Å²) in [5, 5.41) is 22.6. The number of carbonyl (C=O) groups excluding carboxylic acids is 1. The van der Waals surface area contributed by atoms with Gasteiger partial charge in [0.25, 0.3) is 0 Å². The summed E-state index contributed by atoms with van der Waals surface area (Å²) in [6, 6.07) is 7.55. The van der Waals surface area contributed by atoms with Crippen LogP contribution in [0, 0.1) is 17.1 Å². The van der Waals surface area contributed by atoms with Crippen LogP contribution in [-0.4, -0.2) is 40.7 Å². The molecule has 0 bridgehead atoms. The molecule has 1 unspecified atom stereocenters. The largest absolute Gasteiger partial charge is 0.530 e. The lowest BCUT2D eigenvalue weighted by Gasteiger charge is -2.51. The van der Waals surface area contributed by atoms with E-state index in [1.807, 2.05) is 0 Å². The number of nitrogens with one attached hydrogen (secondary N) is 1. The predicted molar refractivity (Wildman–Crippen MR) is 109 cm³/mol. The van der Waals surface area contributed by atoms with Crippen LogP contribution in [0.5, 0.6) is 0 Å². The zero-order chi connectivity index (χ0) is 22.1. The molecular weight excluding hydrogens is 387 g/mol. The number of nitrogens with two attached hydrogens (primary N) is 1. The van der Waals surface area contributed by atoms with Gasteiger partial charge in [-0.3, -0.25) is 4.48 Å². The average molecular weight is 412 g/mol. The number of piperidine rings is 1. The number of rotatable bonds is 3. The first-order valence-electron chi connectivity index (χ1n) is 9.75. The van der Waals surface area contributed by atoms with Gasteiger partial charge in [-0.05, 0) is 45.7 Å². The first-order chi connectivity index (χ1) is 14.1. The van der Waals surface area contributed by atoms with Gasteiger partial charge in [-0.15, -0.1) is 0 Å². The smallest absolute Gasteiger partial charge is 0.233 e. The van der Waals surface area contributed by atoms with Gasteiger partial charge in [-0.2, -0.15) is 10.2 Å². The molecule has 158 valence electrons. The van der Waals surface area contributed by atoms with Crippen LogP contribution in [0.2, 0.25) is 0 Å². The van der Waals surface area contributed by atoms with E-state index < -0.39 is 11.9 Å². The summed E-state index contributed by atoms with van der Waals surface area (Å²) in [5.74, 6) is 0.0493. The number of amides is 1. The van der Waals surface area contributed by atoms with E-state index in [1.165, 1.54) is 12.1 Å². The predicted octanol–water partition coefficient (Wildman–Crippen LogP) is 1.94. The first-order valence-corrected chi connectivity index (χ1v) is 9.75. The van der Waals surface area contributed by atoms with E-state index in [0.717, 1.165) is 13.0 Å². The second kappa shape index (κ2) is 7.88. The molecule has 0 aliphatic carbocycles. The molecule has 1 aliphatic heterocycles. The van der Waals surface area contributed by atoms with Crippen molar-refractivity contribution < 1.29 is 14.3 Å². The molecule has 2 atom stereocenters. The van der Waals surface area contributed by atoms with Crippen molar-refractivity contribution in [2.45, 2.75) is 45.2 Å². The Morgan fingerprint density at radius 1 is 1.37 bits per heavy atom. The van der Waals surface area contributed by atoms with Crippen LogP contribution in [0.25, 0.3) is 11.3 Å². The highest BCUT2D eigenvalue weighted by molar-refractivity contribution is 5.65. The van der Waals surface area contributed by atoms with Crippen LogP contribution >= 0.6 is 0 Å². The number of nitrogens with zero attached hydrogens (tertiary/aromatic N) is 4. The molecule has 3 N–H and O–H groups in total. The third kappa shape index (κ3) is 4.04. The van der Waals surface area contributed by atoms with Gasteiger partial charge in [0.15, 0.2) is 0 Å². The molecule has 0 saturated carbocycles. The Bertz CT molecular complexity index is 1010. The van der Waals surface area contributed by atoms with Gasteiger partial charge in [-0.25, -0.2) is 9.37 Å². The standard InChI is InChI=1S/C21H25FN6O2/c1-21(2,3)28(8-4-5-15(12-28)25-20(29)30)18-10-17(26-19(24)27-18)13-6-7-14(11-23)16(22)9-13/h6-7,9-10,15,25H,4-5,8,12H2,1-3H3,(H2-,24,26,27,29,30)/t15-,28?/m1/s1. The normalized spacial score (nSPS) is 21.6. The van der Waals surface area contributed by atoms with Crippen molar-refractivity contribution in [3.8, 4) is 17.3 Å². The zero-order valence-corrected chi connectivity index (χ0v) is 17.3. The number of anilines is 1. The number of likely N-dealkylation sites (tertiary alicyclic amines) is 1. The fourth-order valence-electron chi connectivity index (χ4n) is 4.20. The van der Waals surface area contributed by atoms with Crippen molar-refractivity contribution >= 4 is 17.9 Å². The van der Waals surface area contributed by atoms with Crippen LogP contribution in [-0.2, 0) is 0 Å². The molecular formula is C21H25FN6O2. The molecule has 3 rings (SSSR count). The summed E-state index contributed by atoms with van der Waals surface area (Å²) in [7, 11) is 0. The maximum Gasteiger partial charge on any atom is 0.233 e. The number of hydrogen-bond donors (Lipinski definition) is 2. The molecule has 1 aliphatic rings. The maximum absolute atomic E-state index is 14.2. The number of nitriles is 1. The van der Waals surface area contributed by atoms with Crippen LogP contribution < -0.4 is 20.6 Å². The number of quaternary nitrogens is 1. The summed E-state index contributed by atoms with van der Waals surface area (Å²) in [6.07, 6.45) is 0.190. The third-order valence-electron chi connectivity index (χ3n) is 5.78. The van der Waals surface area contributed by atoms with Gasteiger partial charge in [-0.1, -0.05) is 6.07 Å². The second-order valence-electron chi connectivity index (χ2n) is 8.59. The van der Waals surface area contributed by atoms with Gasteiger partial charge in [0, 0.05) is 11.6 Å². The van der Waals surface area contributed by atoms with E-state index in [2.05, 4.69) is 36.1 Å². The number of hydrogen-bond acceptors (Lipinski definition) is 6. The molecule has 0 radical (unpaired) electrons. The lowest BCUT2D eigenvalue weighted by molar-refractivity contribution is -0.252. The number of carboxylic acid groups (broad SMARTS) is 1. The van der Waals surface area contributed by atoms with Crippen LogP contribution in [0.1, 0.15) is 39.2 Å². The highest BCUT2D eigenvalue weighted by atomic mass is 19.1. The molecule has 1 fully saturated rings. The number of carbonyl (C=O) groups is 1. The fraction of sp³-hybridized carbons (Fsp3) is 0.429. The topological polar surface area (TPSA) is 128 Å². The van der Waals surface area contributed by atoms with Crippen LogP contribution in [0.4, 0.5) is 21.0 Å². The number of halogens is 1. The van der Waals surface area contributed by atoms with E-state index in [9.17, 15) is 14.3 Å². The van der Waals surface area contributed by atoms with Crippen molar-refractivity contribution in [2.24, 2.45) is 0 Å². The minimum atomic E-state index is -1.30. The monoisotopic (exact) mass is 412 g/mol. The van der Waals surface area contributed by atoms with Gasteiger partial charge in [0.1, 0.15) is 24.5 Å². The molecule has 30 heavy (non-hydrogen) atoms. The molecule has 1 aromatic heterocycles. The molecule has 1 amide bonds. The molecule has 9 heteroatoms. The van der Waals surface area contributed by atoms with Crippen molar-refractivity contribution in [1.82, 2.24) is 19.8 Å². The van der Waals surface area contributed by atoms with E-state index in [4.69, 9.17) is 11.0 Å². The lowest BCUT2D eigenvalue weighted by atomic mass is 9.92. The molecule has 8 nitrogen and oxygen atoms in total. The first kappa shape index (κ1) is 21.5. The molecule has 2 heterocycles. The van der Waals surface area contributed by atoms with Crippen LogP contribution in [0.3, 0.4) is 0 Å². The Morgan fingerprint density at radius 2 is 2.10 bits per heavy atom. The van der Waals surface area contributed by atoms with Gasteiger partial charge >= 0.3 is 0 Å². The zero-order valence-electron chi connectivity index (χ0n) is 17.3. The Balaban J connectivity index is 2.11. The second-order valence-corrected chi connectivity index (χ2v) is 8.59. The van der Waals surface area contributed by atoms with Crippen molar-refractivity contribution in [1.29, 1.82) is 5.26 Å². The summed E-state index contributed by atoms with van der Waals surface area (Å²) in [5.41, 5.74) is 6.57. The highest BCUT2D eigenvalue weighted by Crippen LogP contribution is 2.38. The third-order valence-corrected chi connectivity index (χ3v) is 5.78.